The van der Waals surface area contributed by atoms with E-state index < -0.39 is 12.0 Å². The lowest BCUT2D eigenvalue weighted by molar-refractivity contribution is 0.153. The molecule has 1 aromatic carbocycles. The Morgan fingerprint density at radius 2 is 1.96 bits per heavy atom. The highest BCUT2D eigenvalue weighted by Gasteiger charge is 2.19. The molecule has 1 N–H and O–H groups in total. The smallest absolute Gasteiger partial charge is 0.264 e. The van der Waals surface area contributed by atoms with Gasteiger partial charge in [-0.05, 0) is 30.4 Å². The van der Waals surface area contributed by atoms with E-state index >= 15 is 0 Å². The van der Waals surface area contributed by atoms with E-state index in [0.29, 0.717) is 11.3 Å². The summed E-state index contributed by atoms with van der Waals surface area (Å²) in [6, 6.07) is 8.35. The molecule has 0 aliphatic carbocycles. The molecule has 0 fully saturated rings. The summed E-state index contributed by atoms with van der Waals surface area (Å²) in [6.07, 6.45) is -2.80. The molecule has 0 amide bonds. The van der Waals surface area contributed by atoms with E-state index in [9.17, 15) is 13.6 Å². The van der Waals surface area contributed by atoms with Gasteiger partial charge in [0.05, 0.1) is 11.1 Å². The zero-order valence-corrected chi connectivity index (χ0v) is 14.2. The topological polar surface area (TPSA) is 50.7 Å². The number of halogens is 3. The van der Waals surface area contributed by atoms with Crippen molar-refractivity contribution in [2.75, 3.05) is 0 Å². The lowest BCUT2D eigenvalue weighted by atomic mass is 10.1. The van der Waals surface area contributed by atoms with Gasteiger partial charge in [0.1, 0.15) is 5.65 Å². The second-order valence-electron chi connectivity index (χ2n) is 4.92. The Morgan fingerprint density at radius 1 is 1.30 bits per heavy atom. The van der Waals surface area contributed by atoms with Crippen LogP contribution in [-0.2, 0) is 7.05 Å². The molecule has 0 aliphatic rings. The van der Waals surface area contributed by atoms with Crippen molar-refractivity contribution in [1.82, 2.24) is 14.5 Å². The number of aryl methyl sites for hydroxylation is 1. The molecule has 3 rings (SSSR count). The largest absolute Gasteiger partial charge is 0.306 e. The first-order valence-electron chi connectivity index (χ1n) is 6.56. The van der Waals surface area contributed by atoms with Crippen molar-refractivity contribution in [2.45, 2.75) is 6.43 Å². The average Bonchev–Trinajstić information content (AvgIpc) is 2.52. The van der Waals surface area contributed by atoms with Crippen LogP contribution in [0.4, 0.5) is 8.78 Å². The fourth-order valence-electron chi connectivity index (χ4n) is 2.31. The number of pyridine rings is 1. The quantitative estimate of drug-likeness (QED) is 0.653. The van der Waals surface area contributed by atoms with Gasteiger partial charge in [-0.15, -0.1) is 0 Å². The minimum absolute atomic E-state index is 0.128. The fraction of sp³-hybridized carbons (Fsp3) is 0.133. The molecule has 118 valence electrons. The van der Waals surface area contributed by atoms with Crippen molar-refractivity contribution >= 4 is 39.2 Å². The summed E-state index contributed by atoms with van der Waals surface area (Å²) >= 11 is 8.35. The molecule has 2 aromatic heterocycles. The Balaban J connectivity index is 2.42. The Kier molecular flexibility index (Phi) is 4.11. The van der Waals surface area contributed by atoms with Crippen LogP contribution in [0.25, 0.3) is 22.3 Å². The van der Waals surface area contributed by atoms with E-state index in [2.05, 4.69) is 25.9 Å². The summed E-state index contributed by atoms with van der Waals surface area (Å²) in [4.78, 5) is 18.8. The summed E-state index contributed by atoms with van der Waals surface area (Å²) < 4.78 is 29.3. The van der Waals surface area contributed by atoms with Gasteiger partial charge in [-0.3, -0.25) is 9.78 Å². The van der Waals surface area contributed by atoms with Crippen LogP contribution in [0, 0.1) is 4.77 Å². The predicted molar refractivity (Wildman–Crippen MR) is 90.3 cm³/mol. The Labute approximate surface area is 142 Å². The van der Waals surface area contributed by atoms with Gasteiger partial charge < -0.3 is 4.57 Å². The van der Waals surface area contributed by atoms with Crippen LogP contribution in [0.1, 0.15) is 12.0 Å². The Morgan fingerprint density at radius 3 is 2.57 bits per heavy atom. The number of benzene rings is 1. The number of hydrogen-bond acceptors (Lipinski definition) is 3. The highest BCUT2D eigenvalue weighted by atomic mass is 79.9. The van der Waals surface area contributed by atoms with E-state index in [0.717, 1.165) is 4.47 Å². The Bertz CT molecular complexity index is 1010. The first-order valence-corrected chi connectivity index (χ1v) is 7.76. The number of fused-ring (bicyclic) bond motifs is 1. The molecule has 0 saturated carbocycles. The number of hydrogen-bond donors (Lipinski definition) is 1. The molecular formula is C15H10BrF2N3OS. The molecule has 0 atom stereocenters. The molecule has 0 unspecified atom stereocenters. The van der Waals surface area contributed by atoms with E-state index in [-0.39, 0.29) is 21.4 Å². The van der Waals surface area contributed by atoms with Crippen molar-refractivity contribution in [3.8, 4) is 11.3 Å². The molecule has 3 aromatic rings. The van der Waals surface area contributed by atoms with Crippen LogP contribution in [0.3, 0.4) is 0 Å². The molecule has 0 radical (unpaired) electrons. The number of alkyl halides is 2. The predicted octanol–water partition coefficient (Wildman–Crippen LogP) is 4.36. The van der Waals surface area contributed by atoms with Crippen molar-refractivity contribution in [3.05, 3.63) is 55.5 Å². The van der Waals surface area contributed by atoms with Gasteiger partial charge >= 0.3 is 0 Å². The zero-order chi connectivity index (χ0) is 16.7. The van der Waals surface area contributed by atoms with Crippen molar-refractivity contribution in [3.63, 3.8) is 0 Å². The number of nitrogens with one attached hydrogen (secondary N) is 1. The lowest BCUT2D eigenvalue weighted by Crippen LogP contribution is -2.16. The summed E-state index contributed by atoms with van der Waals surface area (Å²) in [5.41, 5.74) is 0.140. The van der Waals surface area contributed by atoms with E-state index in [1.54, 1.807) is 31.3 Å². The van der Waals surface area contributed by atoms with Crippen molar-refractivity contribution in [1.29, 1.82) is 0 Å². The molecule has 2 heterocycles. The fourth-order valence-corrected chi connectivity index (χ4v) is 2.75. The number of nitrogens with zero attached hydrogens (tertiary/aromatic N) is 2. The van der Waals surface area contributed by atoms with Gasteiger partial charge in [0.15, 0.2) is 4.77 Å². The van der Waals surface area contributed by atoms with Gasteiger partial charge in [-0.1, -0.05) is 28.1 Å². The van der Waals surface area contributed by atoms with Crippen LogP contribution in [0.2, 0.25) is 0 Å². The van der Waals surface area contributed by atoms with Crippen LogP contribution in [0.5, 0.6) is 0 Å². The molecule has 8 heteroatoms. The average molecular weight is 398 g/mol. The van der Waals surface area contributed by atoms with Crippen LogP contribution in [-0.4, -0.2) is 14.5 Å². The van der Waals surface area contributed by atoms with E-state index in [1.807, 2.05) is 0 Å². The molecule has 0 aliphatic heterocycles. The zero-order valence-electron chi connectivity index (χ0n) is 11.8. The third-order valence-electron chi connectivity index (χ3n) is 3.48. The van der Waals surface area contributed by atoms with Crippen LogP contribution < -0.4 is 5.56 Å². The highest BCUT2D eigenvalue weighted by molar-refractivity contribution is 9.10. The SMILES string of the molecule is Cn1c(=S)[nH]c(=O)c2c(C(F)F)cc(-c3ccc(Br)cc3)nc21. The summed E-state index contributed by atoms with van der Waals surface area (Å²) in [5, 5.41) is -0.142. The highest BCUT2D eigenvalue weighted by Crippen LogP contribution is 2.29. The maximum Gasteiger partial charge on any atom is 0.264 e. The van der Waals surface area contributed by atoms with Gasteiger partial charge in [0.2, 0.25) is 0 Å². The normalized spacial score (nSPS) is 11.3. The summed E-state index contributed by atoms with van der Waals surface area (Å²) in [6.45, 7) is 0. The van der Waals surface area contributed by atoms with Gasteiger partial charge in [0.25, 0.3) is 12.0 Å². The molecule has 0 spiro atoms. The summed E-state index contributed by atoms with van der Waals surface area (Å²) in [5.74, 6) is 0. The molecule has 23 heavy (non-hydrogen) atoms. The minimum atomic E-state index is -2.80. The van der Waals surface area contributed by atoms with E-state index in [4.69, 9.17) is 12.2 Å². The molecule has 4 nitrogen and oxygen atoms in total. The maximum atomic E-state index is 13.4. The first-order chi connectivity index (χ1) is 10.9. The Hall–Kier alpha value is -1.93. The van der Waals surface area contributed by atoms with E-state index in [1.165, 1.54) is 10.6 Å². The molecule has 0 bridgehead atoms. The second kappa shape index (κ2) is 5.93. The van der Waals surface area contributed by atoms with Gasteiger partial charge in [-0.2, -0.15) is 0 Å². The maximum absolute atomic E-state index is 13.4. The number of aromatic nitrogens is 3. The van der Waals surface area contributed by atoms with Gasteiger partial charge in [0, 0.05) is 22.6 Å². The van der Waals surface area contributed by atoms with Crippen LogP contribution >= 0.6 is 28.1 Å². The molecular weight excluding hydrogens is 388 g/mol. The van der Waals surface area contributed by atoms with Crippen molar-refractivity contribution < 1.29 is 8.78 Å². The minimum Gasteiger partial charge on any atom is -0.306 e. The lowest BCUT2D eigenvalue weighted by Gasteiger charge is -2.11. The first kappa shape index (κ1) is 15.9. The third-order valence-corrected chi connectivity index (χ3v) is 4.38. The number of H-pyrrole nitrogens is 1. The third kappa shape index (κ3) is 2.84. The van der Waals surface area contributed by atoms with Crippen LogP contribution in [0.15, 0.2) is 39.6 Å². The second-order valence-corrected chi connectivity index (χ2v) is 6.22. The number of rotatable bonds is 2. The van der Waals surface area contributed by atoms with Gasteiger partial charge in [-0.25, -0.2) is 13.8 Å². The standard InChI is InChI=1S/C15H10BrF2N3OS/c1-21-13-11(14(22)20-15(21)23)9(12(17)18)6-10(19-13)7-2-4-8(16)5-3-7/h2-6,12H,1H3,(H,20,22,23). The molecule has 0 saturated heterocycles. The number of aromatic amines is 1. The van der Waals surface area contributed by atoms with Crippen molar-refractivity contribution in [2.24, 2.45) is 7.05 Å². The monoisotopic (exact) mass is 397 g/mol. The summed E-state index contributed by atoms with van der Waals surface area (Å²) in [7, 11) is 1.58.